The molecule has 55 heavy (non-hydrogen) atoms. The minimum Gasteiger partial charge on any atom is -0.480 e. The predicted molar refractivity (Wildman–Crippen MR) is 198 cm³/mol. The van der Waals surface area contributed by atoms with Gasteiger partial charge in [0, 0.05) is 13.0 Å². The third kappa shape index (κ3) is 17.5. The van der Waals surface area contributed by atoms with Gasteiger partial charge < -0.3 is 69.5 Å². The zero-order valence-corrected chi connectivity index (χ0v) is 31.4. The molecule has 1 aromatic rings. The number of aliphatic imine (C=N–C) groups is 1. The highest BCUT2D eigenvalue weighted by atomic mass is 16.4. The van der Waals surface area contributed by atoms with Crippen LogP contribution in [0.2, 0.25) is 0 Å². The number of rotatable bonds is 24. The quantitative estimate of drug-likeness (QED) is 0.0266. The molecule has 0 unspecified atom stereocenters. The number of nitrogens with two attached hydrogens (primary N) is 3. The minimum atomic E-state index is -1.72. The number of carboxylic acids is 1. The van der Waals surface area contributed by atoms with Gasteiger partial charge in [0.15, 0.2) is 5.96 Å². The lowest BCUT2D eigenvalue weighted by Gasteiger charge is -2.27. The molecule has 21 heteroatoms. The third-order valence-corrected chi connectivity index (χ3v) is 7.98. The molecule has 0 fully saturated rings. The Labute approximate surface area is 318 Å². The highest BCUT2D eigenvalue weighted by Gasteiger charge is 2.34. The molecule has 8 atom stereocenters. The summed E-state index contributed by atoms with van der Waals surface area (Å²) >= 11 is 0. The van der Waals surface area contributed by atoms with Crippen molar-refractivity contribution < 1.29 is 54.0 Å². The number of aliphatic hydroxyl groups is 3. The number of hydrogen-bond acceptors (Lipinski definition) is 12. The Morgan fingerprint density at radius 3 is 1.65 bits per heavy atom. The molecule has 0 spiro atoms. The zero-order chi connectivity index (χ0) is 41.8. The number of carboxylic acid groups (broad SMARTS) is 1. The van der Waals surface area contributed by atoms with Gasteiger partial charge in [-0.3, -0.25) is 38.6 Å². The van der Waals surface area contributed by atoms with Gasteiger partial charge in [0.25, 0.3) is 0 Å². The van der Waals surface area contributed by atoms with E-state index in [9.17, 15) is 48.9 Å². The summed E-state index contributed by atoms with van der Waals surface area (Å²) in [7, 11) is 0. The highest BCUT2D eigenvalue weighted by molar-refractivity contribution is 5.97. The molecule has 0 bridgehead atoms. The first kappa shape index (κ1) is 47.6. The van der Waals surface area contributed by atoms with Gasteiger partial charge in [-0.15, -0.1) is 0 Å². The largest absolute Gasteiger partial charge is 0.480 e. The van der Waals surface area contributed by atoms with Gasteiger partial charge in [-0.25, -0.2) is 0 Å². The maximum Gasteiger partial charge on any atom is 0.325 e. The average Bonchev–Trinajstić information content (AvgIpc) is 3.12. The fraction of sp³-hybridized carbons (Fsp3) is 0.588. The van der Waals surface area contributed by atoms with Gasteiger partial charge in [-0.05, 0) is 44.6 Å². The van der Waals surface area contributed by atoms with E-state index in [1.165, 1.54) is 13.8 Å². The van der Waals surface area contributed by atoms with Gasteiger partial charge in [0.1, 0.15) is 36.3 Å². The van der Waals surface area contributed by atoms with Crippen molar-refractivity contribution in [3.8, 4) is 0 Å². The van der Waals surface area contributed by atoms with Crippen molar-refractivity contribution in [3.63, 3.8) is 0 Å². The van der Waals surface area contributed by atoms with Gasteiger partial charge in [0.05, 0.1) is 25.4 Å². The van der Waals surface area contributed by atoms with Crippen molar-refractivity contribution in [2.45, 2.75) is 102 Å². The van der Waals surface area contributed by atoms with E-state index >= 15 is 0 Å². The van der Waals surface area contributed by atoms with Crippen molar-refractivity contribution in [3.05, 3.63) is 35.9 Å². The SMILES string of the molecule is CC(C)C[C@H](NC(=O)[C@H](CO)NC(=O)[C@H](CO)NC(=O)[C@H](Cc1ccccc1)NC(=O)[C@@H](NC(=O)[C@@H](N)CCCN=C(N)N)[C@@H](C)O)C(=O)N[C@@H](C)C(=O)O. The molecule has 308 valence electrons. The van der Waals surface area contributed by atoms with Crippen LogP contribution >= 0.6 is 0 Å². The van der Waals surface area contributed by atoms with E-state index in [1.807, 2.05) is 0 Å². The monoisotopic (exact) mass is 780 g/mol. The summed E-state index contributed by atoms with van der Waals surface area (Å²) < 4.78 is 0. The van der Waals surface area contributed by atoms with Gasteiger partial charge in [-0.2, -0.15) is 0 Å². The summed E-state index contributed by atoms with van der Waals surface area (Å²) in [5, 5.41) is 53.4. The minimum absolute atomic E-state index is 0.0763. The van der Waals surface area contributed by atoms with E-state index in [0.717, 1.165) is 0 Å². The second-order valence-corrected chi connectivity index (χ2v) is 13.3. The molecule has 1 aromatic carbocycles. The lowest BCUT2D eigenvalue weighted by atomic mass is 10.0. The Hall–Kier alpha value is -5.38. The van der Waals surface area contributed by atoms with Crippen LogP contribution in [0.3, 0.4) is 0 Å². The number of amides is 6. The molecule has 0 radical (unpaired) electrons. The molecule has 6 amide bonds. The van der Waals surface area contributed by atoms with Crippen LogP contribution in [0.5, 0.6) is 0 Å². The molecular weight excluding hydrogens is 724 g/mol. The molecule has 0 aliphatic heterocycles. The number of aliphatic hydroxyl groups excluding tert-OH is 3. The normalized spacial score (nSPS) is 15.4. The zero-order valence-electron chi connectivity index (χ0n) is 31.4. The first-order chi connectivity index (χ1) is 25.8. The number of nitrogens with zero attached hydrogens (tertiary/aromatic N) is 1. The third-order valence-electron chi connectivity index (χ3n) is 7.98. The molecule has 0 aliphatic rings. The second kappa shape index (κ2) is 24.1. The van der Waals surface area contributed by atoms with E-state index in [2.05, 4.69) is 36.9 Å². The van der Waals surface area contributed by atoms with Gasteiger partial charge in [0.2, 0.25) is 35.4 Å². The number of hydrogen-bond donors (Lipinski definition) is 13. The van der Waals surface area contributed by atoms with Crippen LogP contribution in [-0.4, -0.2) is 136 Å². The van der Waals surface area contributed by atoms with Crippen molar-refractivity contribution in [2.75, 3.05) is 19.8 Å². The molecule has 0 saturated carbocycles. The summed E-state index contributed by atoms with van der Waals surface area (Å²) in [6.45, 7) is 4.19. The van der Waals surface area contributed by atoms with Crippen LogP contribution in [0.15, 0.2) is 35.3 Å². The van der Waals surface area contributed by atoms with E-state index in [0.29, 0.717) is 12.0 Å². The summed E-state index contributed by atoms with van der Waals surface area (Å²) in [6, 6.07) is -1.66. The van der Waals surface area contributed by atoms with Crippen LogP contribution in [-0.2, 0) is 40.0 Å². The van der Waals surface area contributed by atoms with Crippen molar-refractivity contribution in [2.24, 2.45) is 28.1 Å². The van der Waals surface area contributed by atoms with Crippen LogP contribution in [0, 0.1) is 5.92 Å². The van der Waals surface area contributed by atoms with E-state index in [4.69, 9.17) is 22.3 Å². The fourth-order valence-corrected chi connectivity index (χ4v) is 4.92. The molecule has 16 N–H and O–H groups in total. The Morgan fingerprint density at radius 2 is 1.18 bits per heavy atom. The molecule has 0 heterocycles. The first-order valence-electron chi connectivity index (χ1n) is 17.6. The van der Waals surface area contributed by atoms with E-state index in [1.54, 1.807) is 44.2 Å². The van der Waals surface area contributed by atoms with Crippen molar-refractivity contribution in [1.82, 2.24) is 31.9 Å². The topological polar surface area (TPSA) is 363 Å². The Balaban J connectivity index is 3.14. The lowest BCUT2D eigenvalue weighted by Crippen LogP contribution is -2.62. The molecule has 0 aliphatic carbocycles. The summed E-state index contributed by atoms with van der Waals surface area (Å²) in [5.41, 5.74) is 17.1. The smallest absolute Gasteiger partial charge is 0.325 e. The van der Waals surface area contributed by atoms with Crippen LogP contribution < -0.4 is 49.1 Å². The van der Waals surface area contributed by atoms with Crippen molar-refractivity contribution in [1.29, 1.82) is 0 Å². The summed E-state index contributed by atoms with van der Waals surface area (Å²) in [5.74, 6) is -7.28. The molecule has 21 nitrogen and oxygen atoms in total. The number of benzene rings is 1. The van der Waals surface area contributed by atoms with Crippen LogP contribution in [0.25, 0.3) is 0 Å². The summed E-state index contributed by atoms with van der Waals surface area (Å²) in [4.78, 5) is 93.8. The molecular formula is C34H56N10O11. The second-order valence-electron chi connectivity index (χ2n) is 13.3. The number of aliphatic carboxylic acids is 1. The fourth-order valence-electron chi connectivity index (χ4n) is 4.92. The number of nitrogens with one attached hydrogen (secondary N) is 6. The predicted octanol–water partition coefficient (Wildman–Crippen LogP) is -4.97. The number of guanidine groups is 1. The van der Waals surface area contributed by atoms with Gasteiger partial charge in [-0.1, -0.05) is 44.2 Å². The Bertz CT molecular complexity index is 1470. The Morgan fingerprint density at radius 1 is 0.691 bits per heavy atom. The molecule has 1 rings (SSSR count). The maximum absolute atomic E-state index is 13.6. The van der Waals surface area contributed by atoms with Gasteiger partial charge >= 0.3 is 5.97 Å². The molecule has 0 saturated heterocycles. The van der Waals surface area contributed by atoms with E-state index < -0.39 is 103 Å². The van der Waals surface area contributed by atoms with Crippen molar-refractivity contribution >= 4 is 47.4 Å². The van der Waals surface area contributed by atoms with Crippen LogP contribution in [0.4, 0.5) is 0 Å². The highest BCUT2D eigenvalue weighted by Crippen LogP contribution is 2.08. The maximum atomic E-state index is 13.6. The average molecular weight is 781 g/mol. The molecule has 0 aromatic heterocycles. The standard InChI is InChI=1S/C34H56N10O11/c1-17(2)13-22(28(49)39-18(3)33(54)55)40-30(51)24(15-45)43-31(52)25(16-46)42-29(50)23(14-20-9-6-5-7-10-20)41-32(53)26(19(4)47)44-27(48)21(35)11-8-12-38-34(36)37/h5-7,9-10,17-19,21-26,45-47H,8,11-16,35H2,1-4H3,(H,39,49)(H,40,51)(H,41,53)(H,42,50)(H,43,52)(H,44,48)(H,54,55)(H4,36,37,38)/t18-,19+,21-,22-,23-,24-,25-,26-/m0/s1. The first-order valence-corrected chi connectivity index (χ1v) is 17.6. The van der Waals surface area contributed by atoms with E-state index in [-0.39, 0.29) is 37.7 Å². The van der Waals surface area contributed by atoms with Crippen LogP contribution in [0.1, 0.15) is 52.5 Å². The summed E-state index contributed by atoms with van der Waals surface area (Å²) in [6.07, 6.45) is -1.05. The Kier molecular flexibility index (Phi) is 20.9. The number of carbonyl (C=O) groups is 7. The number of carbonyl (C=O) groups excluding carboxylic acids is 6. The lowest BCUT2D eigenvalue weighted by molar-refractivity contribution is -0.142.